The summed E-state index contributed by atoms with van der Waals surface area (Å²) in [5, 5.41) is 3.91. The molecule has 0 aromatic carbocycles. The lowest BCUT2D eigenvalue weighted by atomic mass is 10.1. The van der Waals surface area contributed by atoms with Gasteiger partial charge in [-0.3, -0.25) is 14.6 Å². The van der Waals surface area contributed by atoms with Gasteiger partial charge in [0.15, 0.2) is 0 Å². The Morgan fingerprint density at radius 3 is 2.82 bits per heavy atom. The van der Waals surface area contributed by atoms with Gasteiger partial charge in [0, 0.05) is 48.6 Å². The lowest BCUT2D eigenvalue weighted by Crippen LogP contribution is -2.30. The molecule has 1 saturated heterocycles. The number of hydrogen-bond acceptors (Lipinski definition) is 6. The van der Waals surface area contributed by atoms with E-state index in [-0.39, 0.29) is 23.8 Å². The van der Waals surface area contributed by atoms with E-state index in [0.717, 1.165) is 23.2 Å². The fraction of sp³-hybridized carbons (Fsp3) is 0.350. The van der Waals surface area contributed by atoms with Gasteiger partial charge in [-0.15, -0.1) is 0 Å². The average Bonchev–Trinajstić information content (AvgIpc) is 3.31. The van der Waals surface area contributed by atoms with Crippen molar-refractivity contribution in [3.63, 3.8) is 0 Å². The molecule has 4 rings (SSSR count). The van der Waals surface area contributed by atoms with Crippen molar-refractivity contribution >= 4 is 5.91 Å². The first-order valence-electron chi connectivity index (χ1n) is 9.22. The first kappa shape index (κ1) is 18.1. The summed E-state index contributed by atoms with van der Waals surface area (Å²) in [6, 6.07) is 5.12. The third-order valence-corrected chi connectivity index (χ3v) is 5.17. The predicted molar refractivity (Wildman–Crippen MR) is 102 cm³/mol. The van der Waals surface area contributed by atoms with Gasteiger partial charge in [-0.25, -0.2) is 4.98 Å². The van der Waals surface area contributed by atoms with Gasteiger partial charge in [0.1, 0.15) is 11.6 Å². The van der Waals surface area contributed by atoms with Crippen LogP contribution in [0.4, 0.5) is 0 Å². The molecule has 0 aliphatic carbocycles. The van der Waals surface area contributed by atoms with Crippen molar-refractivity contribution in [2.75, 3.05) is 13.1 Å². The Bertz CT molecular complexity index is 1040. The van der Waals surface area contributed by atoms with Crippen molar-refractivity contribution < 1.29 is 9.32 Å². The summed E-state index contributed by atoms with van der Waals surface area (Å²) in [6.45, 7) is 4.82. The molecule has 1 fully saturated rings. The van der Waals surface area contributed by atoms with E-state index in [4.69, 9.17) is 4.52 Å². The highest BCUT2D eigenvalue weighted by Gasteiger charge is 2.30. The van der Waals surface area contributed by atoms with Gasteiger partial charge in [-0.2, -0.15) is 0 Å². The number of aromatic nitrogens is 4. The number of amides is 1. The molecule has 4 heterocycles. The van der Waals surface area contributed by atoms with E-state index in [1.54, 1.807) is 12.4 Å². The van der Waals surface area contributed by atoms with Crippen LogP contribution in [-0.4, -0.2) is 44.0 Å². The Morgan fingerprint density at radius 2 is 2.11 bits per heavy atom. The van der Waals surface area contributed by atoms with E-state index in [1.807, 2.05) is 30.9 Å². The summed E-state index contributed by atoms with van der Waals surface area (Å²) in [6.07, 6.45) is 4.37. The fourth-order valence-electron chi connectivity index (χ4n) is 3.57. The van der Waals surface area contributed by atoms with Crippen LogP contribution in [-0.2, 0) is 11.2 Å². The van der Waals surface area contributed by atoms with E-state index in [0.29, 0.717) is 30.4 Å². The summed E-state index contributed by atoms with van der Waals surface area (Å²) in [4.78, 5) is 38.1. The largest absolute Gasteiger partial charge is 0.361 e. The van der Waals surface area contributed by atoms with Crippen LogP contribution in [0.25, 0.3) is 11.3 Å². The van der Waals surface area contributed by atoms with Gasteiger partial charge in [0.25, 0.3) is 5.56 Å². The number of hydrogen-bond donors (Lipinski definition) is 1. The molecule has 0 bridgehead atoms. The van der Waals surface area contributed by atoms with Crippen LogP contribution >= 0.6 is 0 Å². The van der Waals surface area contributed by atoms with Gasteiger partial charge < -0.3 is 14.4 Å². The van der Waals surface area contributed by atoms with E-state index in [9.17, 15) is 9.59 Å². The van der Waals surface area contributed by atoms with Crippen LogP contribution in [0.1, 0.15) is 35.2 Å². The van der Waals surface area contributed by atoms with Crippen molar-refractivity contribution in [3.8, 4) is 11.3 Å². The monoisotopic (exact) mass is 379 g/mol. The summed E-state index contributed by atoms with van der Waals surface area (Å²) < 4.78 is 5.14. The third kappa shape index (κ3) is 3.58. The van der Waals surface area contributed by atoms with Crippen molar-refractivity contribution in [1.29, 1.82) is 0 Å². The molecule has 8 nitrogen and oxygen atoms in total. The quantitative estimate of drug-likeness (QED) is 0.743. The molecule has 3 aromatic rings. The van der Waals surface area contributed by atoms with Crippen LogP contribution in [0.15, 0.2) is 39.9 Å². The number of likely N-dealkylation sites (tertiary alicyclic amines) is 1. The molecule has 28 heavy (non-hydrogen) atoms. The molecule has 1 N–H and O–H groups in total. The number of nitrogens with zero attached hydrogens (tertiary/aromatic N) is 4. The predicted octanol–water partition coefficient (Wildman–Crippen LogP) is 2.00. The first-order chi connectivity index (χ1) is 13.5. The van der Waals surface area contributed by atoms with Crippen LogP contribution in [0, 0.1) is 13.8 Å². The lowest BCUT2D eigenvalue weighted by Gasteiger charge is -2.16. The summed E-state index contributed by atoms with van der Waals surface area (Å²) >= 11 is 0. The molecule has 1 aliphatic heterocycles. The zero-order chi connectivity index (χ0) is 19.7. The number of carbonyl (C=O) groups is 1. The van der Waals surface area contributed by atoms with Gasteiger partial charge >= 0.3 is 0 Å². The fourth-order valence-corrected chi connectivity index (χ4v) is 3.57. The Balaban J connectivity index is 1.51. The normalized spacial score (nSPS) is 16.5. The molecule has 144 valence electrons. The highest BCUT2D eigenvalue weighted by molar-refractivity contribution is 5.79. The molecule has 1 unspecified atom stereocenters. The van der Waals surface area contributed by atoms with Gasteiger partial charge in [-0.1, -0.05) is 5.16 Å². The van der Waals surface area contributed by atoms with Gasteiger partial charge in [0.05, 0.1) is 17.8 Å². The number of rotatable bonds is 4. The summed E-state index contributed by atoms with van der Waals surface area (Å²) in [5.41, 5.74) is 2.85. The standard InChI is InChI=1S/C20H21N5O3/c1-12-16(13(2)28-24-12)9-19(27)25-8-5-15(11-25)20-22-17(10-18(26)23-20)14-3-6-21-7-4-14/h3-4,6-7,10,15H,5,8-9,11H2,1-2H3,(H,22,23,26). The Kier molecular flexibility index (Phi) is 4.77. The zero-order valence-corrected chi connectivity index (χ0v) is 15.8. The maximum absolute atomic E-state index is 12.7. The Morgan fingerprint density at radius 1 is 1.32 bits per heavy atom. The van der Waals surface area contributed by atoms with Gasteiger partial charge in [-0.05, 0) is 32.4 Å². The highest BCUT2D eigenvalue weighted by atomic mass is 16.5. The van der Waals surface area contributed by atoms with E-state index >= 15 is 0 Å². The van der Waals surface area contributed by atoms with Crippen LogP contribution in [0.3, 0.4) is 0 Å². The Hall–Kier alpha value is -3.29. The zero-order valence-electron chi connectivity index (χ0n) is 15.8. The van der Waals surface area contributed by atoms with Crippen LogP contribution < -0.4 is 5.56 Å². The molecule has 0 spiro atoms. The minimum absolute atomic E-state index is 0.00288. The highest BCUT2D eigenvalue weighted by Crippen LogP contribution is 2.26. The first-order valence-corrected chi connectivity index (χ1v) is 9.22. The number of pyridine rings is 1. The smallest absolute Gasteiger partial charge is 0.251 e. The average molecular weight is 379 g/mol. The second-order valence-corrected chi connectivity index (χ2v) is 7.06. The second kappa shape index (κ2) is 7.38. The van der Waals surface area contributed by atoms with E-state index in [2.05, 4.69) is 20.1 Å². The minimum Gasteiger partial charge on any atom is -0.361 e. The summed E-state index contributed by atoms with van der Waals surface area (Å²) in [5.74, 6) is 1.33. The van der Waals surface area contributed by atoms with E-state index < -0.39 is 0 Å². The number of aryl methyl sites for hydroxylation is 2. The molecule has 0 radical (unpaired) electrons. The second-order valence-electron chi connectivity index (χ2n) is 7.06. The number of nitrogens with one attached hydrogen (secondary N) is 1. The molecule has 1 amide bonds. The van der Waals surface area contributed by atoms with Crippen LogP contribution in [0.5, 0.6) is 0 Å². The molecular weight excluding hydrogens is 358 g/mol. The van der Waals surface area contributed by atoms with Crippen LogP contribution in [0.2, 0.25) is 0 Å². The molecular formula is C20H21N5O3. The molecule has 3 aromatic heterocycles. The molecule has 0 saturated carbocycles. The maximum Gasteiger partial charge on any atom is 0.251 e. The Labute approximate surface area is 161 Å². The number of carbonyl (C=O) groups excluding carboxylic acids is 1. The van der Waals surface area contributed by atoms with Crippen molar-refractivity contribution in [3.05, 3.63) is 63.8 Å². The minimum atomic E-state index is -0.197. The number of H-pyrrole nitrogens is 1. The topological polar surface area (TPSA) is 105 Å². The van der Waals surface area contributed by atoms with Crippen molar-refractivity contribution in [2.24, 2.45) is 0 Å². The lowest BCUT2D eigenvalue weighted by molar-refractivity contribution is -0.129. The molecule has 1 atom stereocenters. The van der Waals surface area contributed by atoms with Gasteiger partial charge in [0.2, 0.25) is 5.91 Å². The maximum atomic E-state index is 12.7. The summed E-state index contributed by atoms with van der Waals surface area (Å²) in [7, 11) is 0. The molecule has 1 aliphatic rings. The van der Waals surface area contributed by atoms with Crippen molar-refractivity contribution in [1.82, 2.24) is 25.0 Å². The van der Waals surface area contributed by atoms with E-state index in [1.165, 1.54) is 6.07 Å². The van der Waals surface area contributed by atoms with Crippen molar-refractivity contribution in [2.45, 2.75) is 32.6 Å². The molecule has 8 heteroatoms. The SMILES string of the molecule is Cc1noc(C)c1CC(=O)N1CCC(c2nc(-c3ccncc3)cc(=O)[nH]2)C1. The third-order valence-electron chi connectivity index (χ3n) is 5.17. The number of aromatic amines is 1.